The first-order valence-electron chi connectivity index (χ1n) is 10.3. The van der Waals surface area contributed by atoms with E-state index in [2.05, 4.69) is 29.6 Å². The van der Waals surface area contributed by atoms with Gasteiger partial charge in [0.25, 0.3) is 0 Å². The summed E-state index contributed by atoms with van der Waals surface area (Å²) in [5.41, 5.74) is 2.16. The van der Waals surface area contributed by atoms with Gasteiger partial charge in [0.05, 0.1) is 18.2 Å². The largest absolute Gasteiger partial charge is 0.444 e. The standard InChI is InChI=1S/C22H32N2O3/c1-21(2,3)27-20(25)24-13-12-23-14-19(24)16-8-10-22(11-9-16)18-7-5-4-6-17(18)15-26-22/h4-7,16,19,23H,8-15H2,1-3H3. The molecule has 1 aliphatic carbocycles. The Labute approximate surface area is 162 Å². The van der Waals surface area contributed by atoms with E-state index in [9.17, 15) is 4.79 Å². The van der Waals surface area contributed by atoms with Gasteiger partial charge in [0.2, 0.25) is 0 Å². The van der Waals surface area contributed by atoms with Gasteiger partial charge in [-0.25, -0.2) is 4.79 Å². The number of hydrogen-bond acceptors (Lipinski definition) is 4. The van der Waals surface area contributed by atoms with Crippen LogP contribution >= 0.6 is 0 Å². The first-order valence-corrected chi connectivity index (χ1v) is 10.3. The summed E-state index contributed by atoms with van der Waals surface area (Å²) in [5, 5.41) is 3.48. The Hall–Kier alpha value is -1.59. The molecule has 0 aromatic heterocycles. The number of nitrogens with zero attached hydrogens (tertiary/aromatic N) is 1. The monoisotopic (exact) mass is 372 g/mol. The Bertz CT molecular complexity index is 689. The van der Waals surface area contributed by atoms with Gasteiger partial charge >= 0.3 is 6.09 Å². The minimum atomic E-state index is -0.454. The van der Waals surface area contributed by atoms with Crippen LogP contribution in [0.3, 0.4) is 0 Å². The molecule has 1 aromatic carbocycles. The van der Waals surface area contributed by atoms with E-state index in [4.69, 9.17) is 9.47 Å². The molecule has 0 radical (unpaired) electrons. The maximum Gasteiger partial charge on any atom is 0.410 e. The van der Waals surface area contributed by atoms with E-state index in [1.807, 2.05) is 25.7 Å². The molecule has 148 valence electrons. The quantitative estimate of drug-likeness (QED) is 0.814. The van der Waals surface area contributed by atoms with Crippen LogP contribution in [0, 0.1) is 5.92 Å². The predicted molar refractivity (Wildman–Crippen MR) is 104 cm³/mol. The topological polar surface area (TPSA) is 50.8 Å². The highest BCUT2D eigenvalue weighted by Gasteiger charge is 2.45. The van der Waals surface area contributed by atoms with Crippen LogP contribution in [0.25, 0.3) is 0 Å². The number of nitrogens with one attached hydrogen (secondary N) is 1. The zero-order valence-corrected chi connectivity index (χ0v) is 16.8. The Kier molecular flexibility index (Phi) is 4.93. The molecule has 3 aliphatic rings. The maximum absolute atomic E-state index is 12.7. The van der Waals surface area contributed by atoms with Crippen molar-refractivity contribution in [2.75, 3.05) is 19.6 Å². The minimum absolute atomic E-state index is 0.105. The highest BCUT2D eigenvalue weighted by Crippen LogP contribution is 2.49. The fraction of sp³-hybridized carbons (Fsp3) is 0.682. The van der Waals surface area contributed by atoms with E-state index in [0.717, 1.165) is 51.9 Å². The summed E-state index contributed by atoms with van der Waals surface area (Å²) in [5.74, 6) is 0.493. The Morgan fingerprint density at radius 3 is 2.74 bits per heavy atom. The van der Waals surface area contributed by atoms with Crippen LogP contribution < -0.4 is 5.32 Å². The van der Waals surface area contributed by atoms with Crippen LogP contribution in [-0.2, 0) is 21.7 Å². The Morgan fingerprint density at radius 2 is 2.00 bits per heavy atom. The molecule has 27 heavy (non-hydrogen) atoms. The molecule has 1 N–H and O–H groups in total. The molecule has 1 amide bonds. The summed E-state index contributed by atoms with van der Waals surface area (Å²) in [7, 11) is 0. The van der Waals surface area contributed by atoms with Crippen LogP contribution in [0.5, 0.6) is 0 Å². The van der Waals surface area contributed by atoms with Crippen LogP contribution in [0.4, 0.5) is 4.79 Å². The number of amides is 1. The van der Waals surface area contributed by atoms with Crippen molar-refractivity contribution in [1.29, 1.82) is 0 Å². The van der Waals surface area contributed by atoms with Crippen molar-refractivity contribution in [2.24, 2.45) is 5.92 Å². The molecule has 0 bridgehead atoms. The normalized spacial score (nSPS) is 31.0. The SMILES string of the molecule is CC(C)(C)OC(=O)N1CCNCC1C1CCC2(CC1)OCc1ccccc12. The third kappa shape index (κ3) is 3.72. The van der Waals surface area contributed by atoms with E-state index >= 15 is 0 Å². The third-order valence-corrected chi connectivity index (χ3v) is 6.31. The van der Waals surface area contributed by atoms with Crippen LogP contribution in [0.15, 0.2) is 24.3 Å². The highest BCUT2D eigenvalue weighted by molar-refractivity contribution is 5.68. The fourth-order valence-electron chi connectivity index (χ4n) is 4.98. The number of rotatable bonds is 1. The van der Waals surface area contributed by atoms with E-state index in [0.29, 0.717) is 5.92 Å². The molecule has 5 nitrogen and oxygen atoms in total. The van der Waals surface area contributed by atoms with Crippen molar-refractivity contribution in [3.8, 4) is 0 Å². The lowest BCUT2D eigenvalue weighted by molar-refractivity contribution is -0.0807. The lowest BCUT2D eigenvalue weighted by Crippen LogP contribution is -2.58. The lowest BCUT2D eigenvalue weighted by atomic mass is 9.72. The van der Waals surface area contributed by atoms with Gasteiger partial charge in [0, 0.05) is 19.6 Å². The average Bonchev–Trinajstić information content (AvgIpc) is 3.00. The second-order valence-corrected chi connectivity index (χ2v) is 9.22. The van der Waals surface area contributed by atoms with Crippen molar-refractivity contribution in [1.82, 2.24) is 10.2 Å². The van der Waals surface area contributed by atoms with Gasteiger partial charge in [0.1, 0.15) is 5.60 Å². The second kappa shape index (κ2) is 7.10. The highest BCUT2D eigenvalue weighted by atomic mass is 16.6. The number of carbonyl (C=O) groups excluding carboxylic acids is 1. The molecule has 1 spiro atoms. The first-order chi connectivity index (χ1) is 12.9. The van der Waals surface area contributed by atoms with Gasteiger partial charge < -0.3 is 19.7 Å². The van der Waals surface area contributed by atoms with E-state index in [1.54, 1.807) is 0 Å². The maximum atomic E-state index is 12.7. The predicted octanol–water partition coefficient (Wildman–Crippen LogP) is 3.81. The Balaban J connectivity index is 1.45. The average molecular weight is 373 g/mol. The van der Waals surface area contributed by atoms with Gasteiger partial charge in [-0.1, -0.05) is 24.3 Å². The fourth-order valence-corrected chi connectivity index (χ4v) is 4.98. The Morgan fingerprint density at radius 1 is 1.26 bits per heavy atom. The molecule has 4 rings (SSSR count). The summed E-state index contributed by atoms with van der Waals surface area (Å²) >= 11 is 0. The summed E-state index contributed by atoms with van der Waals surface area (Å²) < 4.78 is 12.0. The summed E-state index contributed by atoms with van der Waals surface area (Å²) in [6.07, 6.45) is 4.07. The van der Waals surface area contributed by atoms with Gasteiger partial charge in [-0.15, -0.1) is 0 Å². The van der Waals surface area contributed by atoms with Gasteiger partial charge in [-0.3, -0.25) is 0 Å². The van der Waals surface area contributed by atoms with Gasteiger partial charge in [0.15, 0.2) is 0 Å². The van der Waals surface area contributed by atoms with Crippen LogP contribution in [-0.4, -0.2) is 42.3 Å². The lowest BCUT2D eigenvalue weighted by Gasteiger charge is -2.45. The number of hydrogen-bond donors (Lipinski definition) is 1. The molecule has 1 saturated heterocycles. The number of fused-ring (bicyclic) bond motifs is 2. The van der Waals surface area contributed by atoms with Gasteiger partial charge in [-0.2, -0.15) is 0 Å². The summed E-state index contributed by atoms with van der Waals surface area (Å²) in [6.45, 7) is 8.94. The van der Waals surface area contributed by atoms with E-state index in [1.165, 1.54) is 11.1 Å². The van der Waals surface area contributed by atoms with Crippen LogP contribution in [0.1, 0.15) is 57.6 Å². The number of benzene rings is 1. The molecular formula is C22H32N2O3. The molecule has 1 atom stereocenters. The van der Waals surface area contributed by atoms with E-state index < -0.39 is 5.60 Å². The molecule has 1 unspecified atom stereocenters. The third-order valence-electron chi connectivity index (χ3n) is 6.31. The number of ether oxygens (including phenoxy) is 2. The van der Waals surface area contributed by atoms with E-state index in [-0.39, 0.29) is 17.7 Å². The molecule has 5 heteroatoms. The zero-order chi connectivity index (χ0) is 19.1. The molecule has 1 saturated carbocycles. The van der Waals surface area contributed by atoms with Crippen molar-refractivity contribution in [2.45, 2.75) is 70.3 Å². The molecular weight excluding hydrogens is 340 g/mol. The minimum Gasteiger partial charge on any atom is -0.444 e. The molecule has 2 heterocycles. The van der Waals surface area contributed by atoms with Crippen LogP contribution in [0.2, 0.25) is 0 Å². The van der Waals surface area contributed by atoms with Crippen molar-refractivity contribution in [3.05, 3.63) is 35.4 Å². The zero-order valence-electron chi connectivity index (χ0n) is 16.8. The molecule has 1 aromatic rings. The van der Waals surface area contributed by atoms with Crippen molar-refractivity contribution < 1.29 is 14.3 Å². The summed E-state index contributed by atoms with van der Waals surface area (Å²) in [4.78, 5) is 14.7. The van der Waals surface area contributed by atoms with Crippen molar-refractivity contribution in [3.63, 3.8) is 0 Å². The molecule has 2 aliphatic heterocycles. The molecule has 2 fully saturated rings. The van der Waals surface area contributed by atoms with Gasteiger partial charge in [-0.05, 0) is 63.5 Å². The number of piperazine rings is 1. The number of carbonyl (C=O) groups is 1. The second-order valence-electron chi connectivity index (χ2n) is 9.22. The smallest absolute Gasteiger partial charge is 0.410 e. The van der Waals surface area contributed by atoms with Crippen molar-refractivity contribution >= 4 is 6.09 Å². The first kappa shape index (κ1) is 18.8. The summed E-state index contributed by atoms with van der Waals surface area (Å²) in [6, 6.07) is 8.85.